The molecule has 28 heavy (non-hydrogen) atoms. The van der Waals surface area contributed by atoms with Gasteiger partial charge in [-0.1, -0.05) is 51.1 Å². The summed E-state index contributed by atoms with van der Waals surface area (Å²) >= 11 is 0. The van der Waals surface area contributed by atoms with Gasteiger partial charge in [-0.05, 0) is 41.3 Å². The molecule has 1 aromatic heterocycles. The highest BCUT2D eigenvalue weighted by molar-refractivity contribution is 6.06. The van der Waals surface area contributed by atoms with E-state index >= 15 is 0 Å². The molecule has 1 heterocycles. The molecule has 0 saturated heterocycles. The van der Waals surface area contributed by atoms with E-state index in [2.05, 4.69) is 26.1 Å². The summed E-state index contributed by atoms with van der Waals surface area (Å²) in [7, 11) is 0. The fraction of sp³-hybridized carbons (Fsp3) is 0.208. The van der Waals surface area contributed by atoms with Gasteiger partial charge in [-0.2, -0.15) is 0 Å². The number of rotatable bonds is 4. The molecule has 1 N–H and O–H groups in total. The average Bonchev–Trinajstić information content (AvgIpc) is 3.04. The Morgan fingerprint density at radius 3 is 2.39 bits per heavy atom. The fourth-order valence-corrected chi connectivity index (χ4v) is 3.20. The molecular weight excluding hydrogens is 350 g/mol. The highest BCUT2D eigenvalue weighted by atomic mass is 16.5. The normalized spacial score (nSPS) is 11.7. The highest BCUT2D eigenvalue weighted by Gasteiger charge is 2.13. The van der Waals surface area contributed by atoms with Gasteiger partial charge in [-0.15, -0.1) is 0 Å². The maximum Gasteiger partial charge on any atom is 0.262 e. The Balaban J connectivity index is 1.41. The Morgan fingerprint density at radius 1 is 0.929 bits per heavy atom. The molecule has 0 radical (unpaired) electrons. The number of amides is 1. The molecule has 0 fully saturated rings. The molecule has 0 saturated carbocycles. The van der Waals surface area contributed by atoms with Crippen molar-refractivity contribution in [1.82, 2.24) is 0 Å². The van der Waals surface area contributed by atoms with E-state index in [0.717, 1.165) is 21.9 Å². The number of hydrogen-bond donors (Lipinski definition) is 1. The number of furan rings is 1. The summed E-state index contributed by atoms with van der Waals surface area (Å²) in [6, 6.07) is 21.4. The van der Waals surface area contributed by atoms with Crippen molar-refractivity contribution in [3.63, 3.8) is 0 Å². The average molecular weight is 373 g/mol. The number of nitrogens with one attached hydrogen (secondary N) is 1. The molecule has 3 aromatic carbocycles. The fourth-order valence-electron chi connectivity index (χ4n) is 3.20. The minimum absolute atomic E-state index is 0.0486. The molecule has 142 valence electrons. The Morgan fingerprint density at radius 2 is 1.64 bits per heavy atom. The van der Waals surface area contributed by atoms with E-state index in [1.165, 1.54) is 5.56 Å². The number of ether oxygens (including phenoxy) is 1. The number of carbonyl (C=O) groups excluding carboxylic acids is 1. The zero-order valence-corrected chi connectivity index (χ0v) is 16.3. The smallest absolute Gasteiger partial charge is 0.262 e. The van der Waals surface area contributed by atoms with Crippen molar-refractivity contribution in [3.8, 4) is 5.75 Å². The van der Waals surface area contributed by atoms with Crippen LogP contribution in [0.3, 0.4) is 0 Å². The van der Waals surface area contributed by atoms with Crippen LogP contribution < -0.4 is 10.1 Å². The van der Waals surface area contributed by atoms with Crippen LogP contribution in [0.25, 0.3) is 21.9 Å². The van der Waals surface area contributed by atoms with Gasteiger partial charge in [-0.3, -0.25) is 4.79 Å². The first-order valence-electron chi connectivity index (χ1n) is 9.35. The lowest BCUT2D eigenvalue weighted by molar-refractivity contribution is -0.118. The molecule has 0 aliphatic carbocycles. The molecule has 4 heteroatoms. The van der Waals surface area contributed by atoms with Crippen LogP contribution in [0.2, 0.25) is 0 Å². The third-order valence-corrected chi connectivity index (χ3v) is 4.75. The lowest BCUT2D eigenvalue weighted by Crippen LogP contribution is -2.20. The van der Waals surface area contributed by atoms with Gasteiger partial charge in [0, 0.05) is 22.5 Å². The van der Waals surface area contributed by atoms with E-state index < -0.39 is 0 Å². The van der Waals surface area contributed by atoms with Crippen molar-refractivity contribution >= 4 is 33.5 Å². The van der Waals surface area contributed by atoms with Crippen LogP contribution in [-0.4, -0.2) is 12.5 Å². The van der Waals surface area contributed by atoms with Crippen LogP contribution in [0.15, 0.2) is 71.1 Å². The summed E-state index contributed by atoms with van der Waals surface area (Å²) in [4.78, 5) is 12.3. The molecule has 0 aliphatic rings. The van der Waals surface area contributed by atoms with Crippen molar-refractivity contribution in [2.75, 3.05) is 11.9 Å². The Labute approximate surface area is 164 Å². The van der Waals surface area contributed by atoms with Crippen LogP contribution >= 0.6 is 0 Å². The molecule has 0 bridgehead atoms. The van der Waals surface area contributed by atoms with Crippen LogP contribution in [0.4, 0.5) is 5.69 Å². The van der Waals surface area contributed by atoms with Crippen molar-refractivity contribution in [2.45, 2.75) is 26.2 Å². The molecule has 0 spiro atoms. The maximum absolute atomic E-state index is 12.3. The zero-order valence-electron chi connectivity index (χ0n) is 16.3. The zero-order chi connectivity index (χ0) is 19.7. The molecule has 4 rings (SSSR count). The van der Waals surface area contributed by atoms with Crippen molar-refractivity contribution < 1.29 is 13.9 Å². The summed E-state index contributed by atoms with van der Waals surface area (Å²) in [5, 5.41) is 4.96. The maximum atomic E-state index is 12.3. The Hall–Kier alpha value is -3.27. The lowest BCUT2D eigenvalue weighted by Gasteiger charge is -2.19. The van der Waals surface area contributed by atoms with Gasteiger partial charge >= 0.3 is 0 Å². The van der Waals surface area contributed by atoms with Crippen molar-refractivity contribution in [3.05, 3.63) is 72.3 Å². The first kappa shape index (κ1) is 18.1. The predicted molar refractivity (Wildman–Crippen MR) is 113 cm³/mol. The number of benzene rings is 3. The third kappa shape index (κ3) is 3.72. The second-order valence-corrected chi connectivity index (χ2v) is 7.92. The van der Waals surface area contributed by atoms with Gasteiger partial charge in [0.2, 0.25) is 0 Å². The topological polar surface area (TPSA) is 51.5 Å². The number of para-hydroxylation sites is 1. The van der Waals surface area contributed by atoms with Gasteiger partial charge in [0.15, 0.2) is 6.61 Å². The first-order chi connectivity index (χ1) is 13.4. The van der Waals surface area contributed by atoms with Crippen LogP contribution in [-0.2, 0) is 10.2 Å². The quantitative estimate of drug-likeness (QED) is 0.484. The number of carbonyl (C=O) groups is 1. The minimum atomic E-state index is -0.213. The van der Waals surface area contributed by atoms with Gasteiger partial charge in [0.05, 0.1) is 0 Å². The second kappa shape index (κ2) is 7.04. The summed E-state index contributed by atoms with van der Waals surface area (Å²) in [6.45, 7) is 6.44. The predicted octanol–water partition coefficient (Wildman–Crippen LogP) is 5.90. The molecule has 1 amide bonds. The summed E-state index contributed by atoms with van der Waals surface area (Å²) in [5.41, 5.74) is 3.58. The number of fused-ring (bicyclic) bond motifs is 3. The van der Waals surface area contributed by atoms with Gasteiger partial charge in [-0.25, -0.2) is 0 Å². The van der Waals surface area contributed by atoms with E-state index in [4.69, 9.17) is 9.15 Å². The minimum Gasteiger partial charge on any atom is -0.484 e. The van der Waals surface area contributed by atoms with Crippen LogP contribution in [0.1, 0.15) is 26.3 Å². The third-order valence-electron chi connectivity index (χ3n) is 4.75. The summed E-state index contributed by atoms with van der Waals surface area (Å²) in [5.74, 6) is 0.464. The van der Waals surface area contributed by atoms with Crippen LogP contribution in [0, 0.1) is 0 Å². The van der Waals surface area contributed by atoms with Gasteiger partial charge in [0.1, 0.15) is 16.9 Å². The number of hydrogen-bond acceptors (Lipinski definition) is 3. The largest absolute Gasteiger partial charge is 0.484 e. The van der Waals surface area contributed by atoms with E-state index in [1.54, 1.807) is 0 Å². The van der Waals surface area contributed by atoms with E-state index in [1.807, 2.05) is 66.7 Å². The molecule has 4 nitrogen and oxygen atoms in total. The van der Waals surface area contributed by atoms with Crippen molar-refractivity contribution in [1.29, 1.82) is 0 Å². The molecular formula is C24H23NO3. The Bertz CT molecular complexity index is 1130. The van der Waals surface area contributed by atoms with E-state index in [9.17, 15) is 4.79 Å². The van der Waals surface area contributed by atoms with Gasteiger partial charge in [0.25, 0.3) is 5.91 Å². The standard InChI is InChI=1S/C24H23NO3/c1-24(2,3)16-8-11-18(12-9-16)27-15-23(26)25-17-10-13-20-19-6-4-5-7-21(19)28-22(20)14-17/h4-14H,15H2,1-3H3,(H,25,26). The van der Waals surface area contributed by atoms with Crippen molar-refractivity contribution in [2.24, 2.45) is 0 Å². The van der Waals surface area contributed by atoms with E-state index in [0.29, 0.717) is 11.4 Å². The molecule has 0 atom stereocenters. The van der Waals surface area contributed by atoms with Crippen LogP contribution in [0.5, 0.6) is 5.75 Å². The number of anilines is 1. The molecule has 4 aromatic rings. The monoisotopic (exact) mass is 373 g/mol. The Kier molecular flexibility index (Phi) is 4.55. The highest BCUT2D eigenvalue weighted by Crippen LogP contribution is 2.30. The van der Waals surface area contributed by atoms with Gasteiger partial charge < -0.3 is 14.5 Å². The first-order valence-corrected chi connectivity index (χ1v) is 9.35. The van der Waals surface area contributed by atoms with E-state index in [-0.39, 0.29) is 17.9 Å². The second-order valence-electron chi connectivity index (χ2n) is 7.92. The molecule has 0 aliphatic heterocycles. The SMILES string of the molecule is CC(C)(C)c1ccc(OCC(=O)Nc2ccc3c(c2)oc2ccccc23)cc1. The molecule has 0 unspecified atom stereocenters. The lowest BCUT2D eigenvalue weighted by atomic mass is 9.87. The summed E-state index contributed by atoms with van der Waals surface area (Å²) in [6.07, 6.45) is 0. The summed E-state index contributed by atoms with van der Waals surface area (Å²) < 4.78 is 11.5.